The number of piperidine rings is 1. The molecular formula is C20H26N4O2. The predicted octanol–water partition coefficient (Wildman–Crippen LogP) is 2.40. The third kappa shape index (κ3) is 3.95. The van der Waals surface area contributed by atoms with E-state index in [-0.39, 0.29) is 17.7 Å². The number of likely N-dealkylation sites (tertiary alicyclic amines) is 1. The van der Waals surface area contributed by atoms with Gasteiger partial charge in [-0.3, -0.25) is 9.59 Å². The van der Waals surface area contributed by atoms with E-state index in [9.17, 15) is 9.59 Å². The molecule has 26 heavy (non-hydrogen) atoms. The number of aromatic nitrogens is 2. The van der Waals surface area contributed by atoms with Gasteiger partial charge in [-0.1, -0.05) is 31.2 Å². The van der Waals surface area contributed by atoms with Crippen LogP contribution in [0.2, 0.25) is 0 Å². The molecule has 1 fully saturated rings. The number of aromatic amines is 1. The molecule has 0 saturated carbocycles. The fraction of sp³-hybridized carbons (Fsp3) is 0.450. The van der Waals surface area contributed by atoms with Gasteiger partial charge in [0.2, 0.25) is 5.91 Å². The summed E-state index contributed by atoms with van der Waals surface area (Å²) in [6.45, 7) is 5.52. The van der Waals surface area contributed by atoms with Gasteiger partial charge < -0.3 is 15.6 Å². The van der Waals surface area contributed by atoms with Gasteiger partial charge in [-0.2, -0.15) is 0 Å². The molecule has 1 aliphatic heterocycles. The minimum absolute atomic E-state index is 0.0299. The van der Waals surface area contributed by atoms with Gasteiger partial charge in [-0.25, -0.2) is 4.98 Å². The Kier molecular flexibility index (Phi) is 5.40. The first kappa shape index (κ1) is 18.2. The molecule has 2 amide bonds. The zero-order valence-electron chi connectivity index (χ0n) is 15.4. The van der Waals surface area contributed by atoms with Crippen LogP contribution >= 0.6 is 0 Å². The van der Waals surface area contributed by atoms with Crippen molar-refractivity contribution in [1.82, 2.24) is 14.9 Å². The Balaban J connectivity index is 1.56. The number of carbonyl (C=O) groups is 2. The Bertz CT molecular complexity index is 791. The van der Waals surface area contributed by atoms with Gasteiger partial charge in [0.25, 0.3) is 5.91 Å². The molecule has 1 saturated heterocycles. The number of hydrogen-bond acceptors (Lipinski definition) is 3. The second-order valence-corrected chi connectivity index (χ2v) is 7.18. The van der Waals surface area contributed by atoms with E-state index in [2.05, 4.69) is 29.0 Å². The highest BCUT2D eigenvalue weighted by molar-refractivity contribution is 5.90. The largest absolute Gasteiger partial charge is 0.364 e. The van der Waals surface area contributed by atoms with Crippen LogP contribution < -0.4 is 5.73 Å². The Morgan fingerprint density at radius 3 is 2.62 bits per heavy atom. The van der Waals surface area contributed by atoms with Crippen molar-refractivity contribution in [2.24, 2.45) is 11.7 Å². The van der Waals surface area contributed by atoms with Crippen molar-refractivity contribution in [2.45, 2.75) is 39.0 Å². The Morgan fingerprint density at radius 2 is 2.00 bits per heavy atom. The van der Waals surface area contributed by atoms with E-state index in [1.165, 1.54) is 17.3 Å². The minimum Gasteiger partial charge on any atom is -0.364 e. The van der Waals surface area contributed by atoms with Crippen LogP contribution in [0.3, 0.4) is 0 Å². The molecule has 2 aromatic rings. The Labute approximate surface area is 153 Å². The molecule has 0 spiro atoms. The summed E-state index contributed by atoms with van der Waals surface area (Å²) in [5.74, 6) is 0.709. The third-order valence-corrected chi connectivity index (χ3v) is 5.26. The molecule has 1 aliphatic rings. The summed E-state index contributed by atoms with van der Waals surface area (Å²) in [6.07, 6.45) is 3.94. The number of primary amides is 1. The zero-order valence-corrected chi connectivity index (χ0v) is 15.4. The lowest BCUT2D eigenvalue weighted by Gasteiger charge is -2.33. The average molecular weight is 354 g/mol. The molecule has 3 N–H and O–H groups in total. The van der Waals surface area contributed by atoms with Crippen LogP contribution in [0.5, 0.6) is 0 Å². The number of nitrogens with zero attached hydrogens (tertiary/aromatic N) is 2. The van der Waals surface area contributed by atoms with Gasteiger partial charge in [-0.15, -0.1) is 0 Å². The van der Waals surface area contributed by atoms with Crippen molar-refractivity contribution in [1.29, 1.82) is 0 Å². The van der Waals surface area contributed by atoms with Crippen LogP contribution in [0.4, 0.5) is 0 Å². The van der Waals surface area contributed by atoms with E-state index < -0.39 is 5.91 Å². The number of amides is 2. The summed E-state index contributed by atoms with van der Waals surface area (Å²) < 4.78 is 0. The smallest absolute Gasteiger partial charge is 0.266 e. The molecule has 3 rings (SSSR count). The van der Waals surface area contributed by atoms with Crippen LogP contribution in [-0.4, -0.2) is 39.8 Å². The number of aryl methyl sites for hydroxylation is 1. The van der Waals surface area contributed by atoms with Gasteiger partial charge >= 0.3 is 0 Å². The summed E-state index contributed by atoms with van der Waals surface area (Å²) in [7, 11) is 0. The molecule has 138 valence electrons. The van der Waals surface area contributed by atoms with Crippen molar-refractivity contribution in [3.63, 3.8) is 0 Å². The fourth-order valence-electron chi connectivity index (χ4n) is 3.61. The zero-order chi connectivity index (χ0) is 18.7. The third-order valence-electron chi connectivity index (χ3n) is 5.26. The predicted molar refractivity (Wildman–Crippen MR) is 99.7 cm³/mol. The number of H-pyrrole nitrogens is 1. The highest BCUT2D eigenvalue weighted by atomic mass is 16.2. The SMILES string of the molecule is Cc1ccccc1CC(C)C(=O)N1CCC(c2ncc(C(N)=O)[nH]2)CC1. The second-order valence-electron chi connectivity index (χ2n) is 7.18. The van der Waals surface area contributed by atoms with E-state index in [4.69, 9.17) is 5.73 Å². The number of nitrogens with two attached hydrogens (primary N) is 1. The maximum absolute atomic E-state index is 12.8. The number of carbonyl (C=O) groups excluding carboxylic acids is 2. The molecule has 0 bridgehead atoms. The second kappa shape index (κ2) is 7.72. The monoisotopic (exact) mass is 354 g/mol. The van der Waals surface area contributed by atoms with Crippen molar-refractivity contribution in [3.8, 4) is 0 Å². The number of rotatable bonds is 5. The molecule has 0 radical (unpaired) electrons. The summed E-state index contributed by atoms with van der Waals surface area (Å²) in [5.41, 5.74) is 8.07. The van der Waals surface area contributed by atoms with E-state index in [1.54, 1.807) is 0 Å². The standard InChI is InChI=1S/C20H26N4O2/c1-13-5-3-4-6-16(13)11-14(2)20(26)24-9-7-15(8-10-24)19-22-12-17(23-19)18(21)25/h3-6,12,14-15H,7-11H2,1-2H3,(H2,21,25)(H,22,23). The van der Waals surface area contributed by atoms with Crippen molar-refractivity contribution in [2.75, 3.05) is 13.1 Å². The lowest BCUT2D eigenvalue weighted by Crippen LogP contribution is -2.41. The summed E-state index contributed by atoms with van der Waals surface area (Å²) in [5, 5.41) is 0. The lowest BCUT2D eigenvalue weighted by atomic mass is 9.93. The maximum Gasteiger partial charge on any atom is 0.266 e. The Morgan fingerprint density at radius 1 is 1.31 bits per heavy atom. The molecule has 2 heterocycles. The van der Waals surface area contributed by atoms with Crippen LogP contribution in [0.15, 0.2) is 30.5 Å². The van der Waals surface area contributed by atoms with Crippen molar-refractivity contribution >= 4 is 11.8 Å². The number of nitrogens with one attached hydrogen (secondary N) is 1. The molecule has 1 aromatic heterocycles. The lowest BCUT2D eigenvalue weighted by molar-refractivity contribution is -0.136. The van der Waals surface area contributed by atoms with Crippen LogP contribution in [0.1, 0.15) is 53.1 Å². The summed E-state index contributed by atoms with van der Waals surface area (Å²) >= 11 is 0. The van der Waals surface area contributed by atoms with Crippen molar-refractivity contribution < 1.29 is 9.59 Å². The van der Waals surface area contributed by atoms with Gasteiger partial charge in [0.15, 0.2) is 0 Å². The minimum atomic E-state index is -0.499. The molecule has 1 unspecified atom stereocenters. The molecule has 6 heteroatoms. The van der Waals surface area contributed by atoms with Gasteiger partial charge in [0.05, 0.1) is 6.20 Å². The average Bonchev–Trinajstić information content (AvgIpc) is 3.13. The maximum atomic E-state index is 12.8. The van der Waals surface area contributed by atoms with E-state index >= 15 is 0 Å². The number of imidazole rings is 1. The van der Waals surface area contributed by atoms with Crippen LogP contribution in [-0.2, 0) is 11.2 Å². The first-order valence-electron chi connectivity index (χ1n) is 9.13. The highest BCUT2D eigenvalue weighted by Gasteiger charge is 2.28. The molecular weight excluding hydrogens is 328 g/mol. The van der Waals surface area contributed by atoms with Gasteiger partial charge in [-0.05, 0) is 37.3 Å². The first-order valence-corrected chi connectivity index (χ1v) is 9.13. The number of hydrogen-bond donors (Lipinski definition) is 2. The normalized spacial score (nSPS) is 16.5. The van der Waals surface area contributed by atoms with Crippen LogP contribution in [0.25, 0.3) is 0 Å². The summed E-state index contributed by atoms with van der Waals surface area (Å²) in [4.78, 5) is 33.2. The number of benzene rings is 1. The summed E-state index contributed by atoms with van der Waals surface area (Å²) in [6, 6.07) is 8.23. The van der Waals surface area contributed by atoms with Crippen LogP contribution in [0, 0.1) is 12.8 Å². The topological polar surface area (TPSA) is 92.1 Å². The van der Waals surface area contributed by atoms with Crippen molar-refractivity contribution in [3.05, 3.63) is 53.1 Å². The molecule has 1 aromatic carbocycles. The van der Waals surface area contributed by atoms with Gasteiger partial charge in [0.1, 0.15) is 11.5 Å². The fourth-order valence-corrected chi connectivity index (χ4v) is 3.61. The molecule has 6 nitrogen and oxygen atoms in total. The van der Waals surface area contributed by atoms with Gasteiger partial charge in [0, 0.05) is 24.9 Å². The van der Waals surface area contributed by atoms with E-state index in [1.807, 2.05) is 24.0 Å². The Hall–Kier alpha value is -2.63. The highest BCUT2D eigenvalue weighted by Crippen LogP contribution is 2.27. The van der Waals surface area contributed by atoms with E-state index in [0.29, 0.717) is 18.8 Å². The quantitative estimate of drug-likeness (QED) is 0.863. The molecule has 1 atom stereocenters. The van der Waals surface area contributed by atoms with E-state index in [0.717, 1.165) is 25.1 Å². The molecule has 0 aliphatic carbocycles. The first-order chi connectivity index (χ1) is 12.5.